The maximum absolute atomic E-state index is 12.9. The number of amides is 2. The van der Waals surface area contributed by atoms with E-state index in [1.807, 2.05) is 18.0 Å². The Labute approximate surface area is 136 Å². The Balaban J connectivity index is 1.55. The summed E-state index contributed by atoms with van der Waals surface area (Å²) in [5.41, 5.74) is 0.912. The van der Waals surface area contributed by atoms with Crippen molar-refractivity contribution in [2.75, 3.05) is 6.54 Å². The summed E-state index contributed by atoms with van der Waals surface area (Å²) in [6, 6.07) is 0.506. The zero-order chi connectivity index (χ0) is 16.1. The maximum atomic E-state index is 12.9. The third kappa shape index (κ3) is 2.64. The van der Waals surface area contributed by atoms with Gasteiger partial charge in [0.2, 0.25) is 0 Å². The monoisotopic (exact) mass is 316 g/mol. The van der Waals surface area contributed by atoms with Gasteiger partial charge < -0.3 is 14.8 Å². The van der Waals surface area contributed by atoms with E-state index in [1.54, 1.807) is 4.90 Å². The number of aryl methyl sites for hydroxylation is 1. The standard InChI is InChI=1S/C17H24N4O2/c1-10-7-8-20(14(10)15-18-9-11(2)19-15)16(22)17(23)21(12-3-4-12)13-5-6-13/h9-10,12-14H,3-8H2,1-2H3,(H,18,19)/t10-,14?/m1/s1. The SMILES string of the molecule is Cc1c[nH]c(C2[C@H](C)CCN2C(=O)C(=O)N(C2CC2)C2CC2)n1. The second-order valence-electron chi connectivity index (χ2n) is 7.31. The van der Waals surface area contributed by atoms with Gasteiger partial charge in [0, 0.05) is 24.8 Å². The number of nitrogens with zero attached hydrogens (tertiary/aromatic N) is 3. The lowest BCUT2D eigenvalue weighted by molar-refractivity contribution is -0.153. The molecule has 23 heavy (non-hydrogen) atoms. The van der Waals surface area contributed by atoms with Crippen LogP contribution in [0.4, 0.5) is 0 Å². The quantitative estimate of drug-likeness (QED) is 0.864. The molecule has 1 saturated heterocycles. The summed E-state index contributed by atoms with van der Waals surface area (Å²) in [6.07, 6.45) is 6.96. The average Bonchev–Trinajstić information content (AvgIpc) is 3.44. The highest BCUT2D eigenvalue weighted by atomic mass is 16.2. The normalized spacial score (nSPS) is 27.3. The van der Waals surface area contributed by atoms with Crippen LogP contribution >= 0.6 is 0 Å². The summed E-state index contributed by atoms with van der Waals surface area (Å²) in [4.78, 5) is 36.9. The van der Waals surface area contributed by atoms with Crippen molar-refractivity contribution >= 4 is 11.8 Å². The molecule has 124 valence electrons. The van der Waals surface area contributed by atoms with Crippen LogP contribution in [0.2, 0.25) is 0 Å². The molecule has 2 heterocycles. The fraction of sp³-hybridized carbons (Fsp3) is 0.706. The molecular formula is C17H24N4O2. The van der Waals surface area contributed by atoms with Crippen LogP contribution < -0.4 is 0 Å². The summed E-state index contributed by atoms with van der Waals surface area (Å²) in [5.74, 6) is 0.482. The first-order valence-electron chi connectivity index (χ1n) is 8.71. The van der Waals surface area contributed by atoms with E-state index >= 15 is 0 Å². The van der Waals surface area contributed by atoms with Crippen LogP contribution in [0.3, 0.4) is 0 Å². The minimum absolute atomic E-state index is 0.111. The van der Waals surface area contributed by atoms with Crippen molar-refractivity contribution in [2.24, 2.45) is 5.92 Å². The molecule has 1 N–H and O–H groups in total. The molecule has 0 bridgehead atoms. The summed E-state index contributed by atoms with van der Waals surface area (Å²) in [7, 11) is 0. The molecule has 2 atom stereocenters. The Kier molecular flexibility index (Phi) is 3.43. The van der Waals surface area contributed by atoms with Crippen LogP contribution in [0, 0.1) is 12.8 Å². The molecule has 6 nitrogen and oxygen atoms in total. The van der Waals surface area contributed by atoms with Crippen LogP contribution in [-0.2, 0) is 9.59 Å². The molecule has 1 aliphatic heterocycles. The molecule has 2 saturated carbocycles. The van der Waals surface area contributed by atoms with Gasteiger partial charge in [-0.2, -0.15) is 0 Å². The molecule has 1 unspecified atom stereocenters. The number of H-pyrrole nitrogens is 1. The summed E-state index contributed by atoms with van der Waals surface area (Å²) < 4.78 is 0. The molecule has 6 heteroatoms. The van der Waals surface area contributed by atoms with Gasteiger partial charge in [0.1, 0.15) is 5.82 Å². The molecule has 0 radical (unpaired) electrons. The van der Waals surface area contributed by atoms with Crippen molar-refractivity contribution in [3.05, 3.63) is 17.7 Å². The van der Waals surface area contributed by atoms with E-state index in [0.717, 1.165) is 43.6 Å². The van der Waals surface area contributed by atoms with Gasteiger partial charge in [0.05, 0.1) is 11.7 Å². The number of hydrogen-bond donors (Lipinski definition) is 1. The lowest BCUT2D eigenvalue weighted by atomic mass is 10.0. The van der Waals surface area contributed by atoms with Gasteiger partial charge in [0.25, 0.3) is 0 Å². The zero-order valence-electron chi connectivity index (χ0n) is 13.8. The van der Waals surface area contributed by atoms with E-state index < -0.39 is 0 Å². The largest absolute Gasteiger partial charge is 0.347 e. The Morgan fingerprint density at radius 2 is 1.87 bits per heavy atom. The molecule has 2 aliphatic carbocycles. The third-order valence-electron chi connectivity index (χ3n) is 5.26. The van der Waals surface area contributed by atoms with Gasteiger partial charge in [-0.05, 0) is 44.9 Å². The van der Waals surface area contributed by atoms with Crippen LogP contribution in [0.1, 0.15) is 56.6 Å². The highest BCUT2D eigenvalue weighted by Gasteiger charge is 2.47. The maximum Gasteiger partial charge on any atom is 0.312 e. The molecule has 3 fully saturated rings. The fourth-order valence-corrected chi connectivity index (χ4v) is 3.74. The molecular weight excluding hydrogens is 292 g/mol. The first kappa shape index (κ1) is 14.7. The number of aromatic amines is 1. The van der Waals surface area contributed by atoms with Crippen molar-refractivity contribution in [2.45, 2.75) is 64.1 Å². The predicted octanol–water partition coefficient (Wildman–Crippen LogP) is 1.78. The molecule has 1 aromatic rings. The van der Waals surface area contributed by atoms with Crippen molar-refractivity contribution in [1.29, 1.82) is 0 Å². The van der Waals surface area contributed by atoms with E-state index in [1.165, 1.54) is 0 Å². The third-order valence-corrected chi connectivity index (χ3v) is 5.26. The number of nitrogens with one attached hydrogen (secondary N) is 1. The number of imidazole rings is 1. The van der Waals surface area contributed by atoms with Gasteiger partial charge in [0.15, 0.2) is 0 Å². The Bertz CT molecular complexity index is 620. The van der Waals surface area contributed by atoms with Gasteiger partial charge >= 0.3 is 11.8 Å². The van der Waals surface area contributed by atoms with Gasteiger partial charge in [-0.1, -0.05) is 6.92 Å². The zero-order valence-corrected chi connectivity index (χ0v) is 13.8. The van der Waals surface area contributed by atoms with Gasteiger partial charge in [-0.3, -0.25) is 9.59 Å². The lowest BCUT2D eigenvalue weighted by Crippen LogP contribution is -2.47. The highest BCUT2D eigenvalue weighted by molar-refractivity contribution is 6.35. The van der Waals surface area contributed by atoms with Gasteiger partial charge in [-0.15, -0.1) is 0 Å². The van der Waals surface area contributed by atoms with Crippen molar-refractivity contribution in [1.82, 2.24) is 19.8 Å². The Morgan fingerprint density at radius 3 is 2.39 bits per heavy atom. The van der Waals surface area contributed by atoms with Crippen molar-refractivity contribution < 1.29 is 9.59 Å². The van der Waals surface area contributed by atoms with Gasteiger partial charge in [-0.25, -0.2) is 4.98 Å². The predicted molar refractivity (Wildman–Crippen MR) is 84.4 cm³/mol. The van der Waals surface area contributed by atoms with E-state index in [9.17, 15) is 9.59 Å². The Morgan fingerprint density at radius 1 is 1.22 bits per heavy atom. The number of rotatable bonds is 3. The number of aromatic nitrogens is 2. The van der Waals surface area contributed by atoms with E-state index in [2.05, 4.69) is 16.9 Å². The number of likely N-dealkylation sites (tertiary alicyclic amines) is 1. The van der Waals surface area contributed by atoms with E-state index in [0.29, 0.717) is 24.5 Å². The minimum Gasteiger partial charge on any atom is -0.347 e. The second-order valence-corrected chi connectivity index (χ2v) is 7.31. The highest BCUT2D eigenvalue weighted by Crippen LogP contribution is 2.39. The van der Waals surface area contributed by atoms with E-state index in [-0.39, 0.29) is 17.9 Å². The van der Waals surface area contributed by atoms with Crippen LogP contribution in [0.5, 0.6) is 0 Å². The molecule has 2 amide bonds. The molecule has 3 aliphatic rings. The van der Waals surface area contributed by atoms with Crippen molar-refractivity contribution in [3.8, 4) is 0 Å². The topological polar surface area (TPSA) is 69.3 Å². The summed E-state index contributed by atoms with van der Waals surface area (Å²) in [6.45, 7) is 4.69. The van der Waals surface area contributed by atoms with E-state index in [4.69, 9.17) is 0 Å². The fourth-order valence-electron chi connectivity index (χ4n) is 3.74. The number of carbonyl (C=O) groups is 2. The molecule has 0 aromatic carbocycles. The number of carbonyl (C=O) groups excluding carboxylic acids is 2. The minimum atomic E-state index is -0.341. The lowest BCUT2D eigenvalue weighted by Gasteiger charge is -2.28. The second kappa shape index (κ2) is 5.35. The van der Waals surface area contributed by atoms with Crippen LogP contribution in [-0.4, -0.2) is 50.2 Å². The smallest absolute Gasteiger partial charge is 0.312 e. The van der Waals surface area contributed by atoms with Crippen LogP contribution in [0.15, 0.2) is 6.20 Å². The Hall–Kier alpha value is -1.85. The summed E-state index contributed by atoms with van der Waals surface area (Å²) in [5, 5.41) is 0. The first-order valence-corrected chi connectivity index (χ1v) is 8.71. The molecule has 4 rings (SSSR count). The summed E-state index contributed by atoms with van der Waals surface area (Å²) >= 11 is 0. The number of hydrogen-bond acceptors (Lipinski definition) is 3. The molecule has 1 aromatic heterocycles. The molecule has 0 spiro atoms. The van der Waals surface area contributed by atoms with Crippen LogP contribution in [0.25, 0.3) is 0 Å². The van der Waals surface area contributed by atoms with Crippen molar-refractivity contribution in [3.63, 3.8) is 0 Å². The average molecular weight is 316 g/mol. The first-order chi connectivity index (χ1) is 11.1.